The highest BCUT2D eigenvalue weighted by molar-refractivity contribution is 7.89. The van der Waals surface area contributed by atoms with E-state index in [1.54, 1.807) is 20.8 Å². The van der Waals surface area contributed by atoms with Crippen LogP contribution in [-0.4, -0.2) is 59.4 Å². The number of hydrogen-bond acceptors (Lipinski definition) is 5. The summed E-state index contributed by atoms with van der Waals surface area (Å²) in [7, 11) is -3.71. The number of rotatable bonds is 4. The molecule has 0 aromatic carbocycles. The van der Waals surface area contributed by atoms with Crippen LogP contribution in [0.4, 0.5) is 0 Å². The van der Waals surface area contributed by atoms with E-state index < -0.39 is 16.0 Å². The number of carboxylic acid groups (broad SMARTS) is 1. The lowest BCUT2D eigenvalue weighted by molar-refractivity contribution is -0.137. The van der Waals surface area contributed by atoms with Crippen molar-refractivity contribution in [2.75, 3.05) is 19.8 Å². The molecule has 0 bridgehead atoms. The molecule has 0 unspecified atom stereocenters. The summed E-state index contributed by atoms with van der Waals surface area (Å²) in [6, 6.07) is -0.259. The molecule has 1 aromatic heterocycles. The van der Waals surface area contributed by atoms with Crippen molar-refractivity contribution in [1.82, 2.24) is 14.1 Å². The SMILES string of the molecule is Cc1nn(CC(=O)O)c(C)c1S(=O)(=O)N1CCOC[C@H]1C. The second-order valence-electron chi connectivity index (χ2n) is 5.09. The van der Waals surface area contributed by atoms with E-state index in [2.05, 4.69) is 5.10 Å². The fraction of sp³-hybridized carbons (Fsp3) is 0.667. The molecule has 1 fully saturated rings. The van der Waals surface area contributed by atoms with Gasteiger partial charge in [-0.1, -0.05) is 0 Å². The van der Waals surface area contributed by atoms with Crippen LogP contribution in [0.25, 0.3) is 0 Å². The first kappa shape index (κ1) is 15.9. The van der Waals surface area contributed by atoms with Crippen LogP contribution in [0.3, 0.4) is 0 Å². The summed E-state index contributed by atoms with van der Waals surface area (Å²) in [5.74, 6) is -1.07. The van der Waals surface area contributed by atoms with Gasteiger partial charge in [0, 0.05) is 12.6 Å². The molecule has 118 valence electrons. The number of carbonyl (C=O) groups is 1. The van der Waals surface area contributed by atoms with Crippen molar-refractivity contribution in [3.63, 3.8) is 0 Å². The van der Waals surface area contributed by atoms with Gasteiger partial charge in [0.1, 0.15) is 11.4 Å². The fourth-order valence-corrected chi connectivity index (χ4v) is 4.50. The predicted molar refractivity (Wildman–Crippen MR) is 73.5 cm³/mol. The van der Waals surface area contributed by atoms with Crippen LogP contribution in [0, 0.1) is 13.8 Å². The number of sulfonamides is 1. The molecule has 2 heterocycles. The Kier molecular flexibility index (Phi) is 4.35. The first-order chi connectivity index (χ1) is 9.75. The van der Waals surface area contributed by atoms with Crippen molar-refractivity contribution < 1.29 is 23.1 Å². The minimum atomic E-state index is -3.71. The molecule has 0 saturated carbocycles. The Hall–Kier alpha value is -1.45. The number of hydrogen-bond donors (Lipinski definition) is 1. The summed E-state index contributed by atoms with van der Waals surface area (Å²) in [5, 5.41) is 12.9. The van der Waals surface area contributed by atoms with Crippen molar-refractivity contribution in [3.05, 3.63) is 11.4 Å². The standard InChI is InChI=1S/C12H19N3O5S/c1-8-7-20-5-4-15(8)21(18,19)12-9(2)13-14(10(12)3)6-11(16)17/h8H,4-7H2,1-3H3,(H,16,17)/t8-/m1/s1. The van der Waals surface area contributed by atoms with E-state index in [1.165, 1.54) is 8.99 Å². The van der Waals surface area contributed by atoms with Gasteiger partial charge < -0.3 is 9.84 Å². The summed E-state index contributed by atoms with van der Waals surface area (Å²) >= 11 is 0. The van der Waals surface area contributed by atoms with Gasteiger partial charge in [0.2, 0.25) is 10.0 Å². The summed E-state index contributed by atoms with van der Waals surface area (Å²) in [5.41, 5.74) is 0.654. The average Bonchev–Trinajstić information content (AvgIpc) is 2.64. The highest BCUT2D eigenvalue weighted by Gasteiger charge is 2.35. The average molecular weight is 317 g/mol. The monoisotopic (exact) mass is 317 g/mol. The van der Waals surface area contributed by atoms with Crippen LogP contribution < -0.4 is 0 Å². The van der Waals surface area contributed by atoms with Gasteiger partial charge in [-0.3, -0.25) is 9.48 Å². The second-order valence-corrected chi connectivity index (χ2v) is 6.92. The molecule has 1 atom stereocenters. The molecular weight excluding hydrogens is 298 g/mol. The molecule has 9 heteroatoms. The highest BCUT2D eigenvalue weighted by atomic mass is 32.2. The van der Waals surface area contributed by atoms with Gasteiger partial charge in [0.15, 0.2) is 0 Å². The Morgan fingerprint density at radius 3 is 2.71 bits per heavy atom. The smallest absolute Gasteiger partial charge is 0.325 e. The summed E-state index contributed by atoms with van der Waals surface area (Å²) < 4.78 is 33.5. The van der Waals surface area contributed by atoms with Crippen molar-refractivity contribution >= 4 is 16.0 Å². The lowest BCUT2D eigenvalue weighted by Gasteiger charge is -2.32. The number of ether oxygens (including phenoxy) is 1. The van der Waals surface area contributed by atoms with Crippen LogP contribution in [0.1, 0.15) is 18.3 Å². The van der Waals surface area contributed by atoms with Crippen LogP contribution in [0.5, 0.6) is 0 Å². The molecule has 1 saturated heterocycles. The Balaban J connectivity index is 2.45. The van der Waals surface area contributed by atoms with Crippen molar-refractivity contribution in [1.29, 1.82) is 0 Å². The number of nitrogens with zero attached hydrogens (tertiary/aromatic N) is 3. The lowest BCUT2D eigenvalue weighted by Crippen LogP contribution is -2.47. The van der Waals surface area contributed by atoms with E-state index in [9.17, 15) is 13.2 Å². The number of aliphatic carboxylic acids is 1. The maximum absolute atomic E-state index is 12.8. The summed E-state index contributed by atoms with van der Waals surface area (Å²) in [4.78, 5) is 10.9. The van der Waals surface area contributed by atoms with Gasteiger partial charge in [-0.15, -0.1) is 0 Å². The van der Waals surface area contributed by atoms with Crippen LogP contribution >= 0.6 is 0 Å². The van der Waals surface area contributed by atoms with Crippen LogP contribution in [0.2, 0.25) is 0 Å². The third kappa shape index (κ3) is 2.94. The van der Waals surface area contributed by atoms with Gasteiger partial charge in [-0.2, -0.15) is 9.40 Å². The van der Waals surface area contributed by atoms with E-state index in [-0.39, 0.29) is 24.0 Å². The van der Waals surface area contributed by atoms with Gasteiger partial charge >= 0.3 is 5.97 Å². The Morgan fingerprint density at radius 2 is 2.14 bits per heavy atom. The molecule has 0 spiro atoms. The molecule has 2 rings (SSSR count). The molecule has 0 aliphatic carbocycles. The number of aromatic nitrogens is 2. The third-order valence-corrected chi connectivity index (χ3v) is 5.74. The second kappa shape index (κ2) is 5.74. The van der Waals surface area contributed by atoms with E-state index in [4.69, 9.17) is 9.84 Å². The van der Waals surface area contributed by atoms with Gasteiger partial charge in [-0.05, 0) is 20.8 Å². The fourth-order valence-electron chi connectivity index (χ4n) is 2.52. The lowest BCUT2D eigenvalue weighted by atomic mass is 10.3. The highest BCUT2D eigenvalue weighted by Crippen LogP contribution is 2.26. The molecule has 1 aliphatic heterocycles. The predicted octanol–water partition coefficient (Wildman–Crippen LogP) is -0.00606. The largest absolute Gasteiger partial charge is 0.480 e. The molecule has 1 aromatic rings. The number of carboxylic acids is 1. The Labute approximate surface area is 123 Å². The van der Waals surface area contributed by atoms with Gasteiger partial charge in [0.05, 0.1) is 24.6 Å². The first-order valence-electron chi connectivity index (χ1n) is 6.60. The zero-order valence-corrected chi connectivity index (χ0v) is 13.1. The van der Waals surface area contributed by atoms with E-state index in [1.807, 2.05) is 0 Å². The number of morpholine rings is 1. The Bertz CT molecular complexity index is 652. The van der Waals surface area contributed by atoms with Crippen LogP contribution in [-0.2, 0) is 26.1 Å². The van der Waals surface area contributed by atoms with E-state index in [0.717, 1.165) is 0 Å². The third-order valence-electron chi connectivity index (χ3n) is 3.47. The topological polar surface area (TPSA) is 102 Å². The van der Waals surface area contributed by atoms with E-state index >= 15 is 0 Å². The number of aryl methyl sites for hydroxylation is 1. The Morgan fingerprint density at radius 1 is 1.48 bits per heavy atom. The zero-order valence-electron chi connectivity index (χ0n) is 12.2. The molecule has 1 N–H and O–H groups in total. The van der Waals surface area contributed by atoms with E-state index in [0.29, 0.717) is 24.6 Å². The molecule has 8 nitrogen and oxygen atoms in total. The maximum atomic E-state index is 12.8. The van der Waals surface area contributed by atoms with Gasteiger partial charge in [-0.25, -0.2) is 8.42 Å². The normalized spacial score (nSPS) is 20.6. The summed E-state index contributed by atoms with van der Waals surface area (Å²) in [6.45, 7) is 5.55. The van der Waals surface area contributed by atoms with Crippen molar-refractivity contribution in [3.8, 4) is 0 Å². The van der Waals surface area contributed by atoms with Gasteiger partial charge in [0.25, 0.3) is 0 Å². The molecule has 21 heavy (non-hydrogen) atoms. The maximum Gasteiger partial charge on any atom is 0.325 e. The van der Waals surface area contributed by atoms with Crippen molar-refractivity contribution in [2.45, 2.75) is 38.3 Å². The minimum absolute atomic E-state index is 0.0949. The quantitative estimate of drug-likeness (QED) is 0.838. The van der Waals surface area contributed by atoms with Crippen molar-refractivity contribution in [2.24, 2.45) is 0 Å². The first-order valence-corrected chi connectivity index (χ1v) is 8.04. The minimum Gasteiger partial charge on any atom is -0.480 e. The molecule has 1 aliphatic rings. The molecule has 0 amide bonds. The summed E-state index contributed by atoms with van der Waals surface area (Å²) in [6.07, 6.45) is 0. The molecule has 0 radical (unpaired) electrons. The van der Waals surface area contributed by atoms with Crippen LogP contribution in [0.15, 0.2) is 4.90 Å². The molecular formula is C12H19N3O5S. The zero-order chi connectivity index (χ0) is 15.8.